The number of nitrogens with zero attached hydrogens (tertiary/aromatic N) is 4. The first-order valence-electron chi connectivity index (χ1n) is 7.09. The Labute approximate surface area is 114 Å². The highest BCUT2D eigenvalue weighted by molar-refractivity contribution is 5.79. The van der Waals surface area contributed by atoms with Crippen molar-refractivity contribution in [3.63, 3.8) is 0 Å². The molecule has 19 heavy (non-hydrogen) atoms. The van der Waals surface area contributed by atoms with E-state index in [1.54, 1.807) is 0 Å². The van der Waals surface area contributed by atoms with Gasteiger partial charge in [-0.1, -0.05) is 30.3 Å². The number of benzene rings is 1. The highest BCUT2D eigenvalue weighted by Gasteiger charge is 2.45. The normalized spacial score (nSPS) is 40.7. The van der Waals surface area contributed by atoms with Crippen molar-refractivity contribution in [3.8, 4) is 0 Å². The van der Waals surface area contributed by atoms with Gasteiger partial charge in [-0.05, 0) is 5.56 Å². The van der Waals surface area contributed by atoms with Crippen molar-refractivity contribution in [1.82, 2.24) is 14.7 Å². The minimum Gasteiger partial charge on any atom is -0.287 e. The topological polar surface area (TPSA) is 22.1 Å². The molecule has 1 aromatic carbocycles. The lowest BCUT2D eigenvalue weighted by Gasteiger charge is -2.49. The molecule has 4 aliphatic heterocycles. The number of hydrogen-bond acceptors (Lipinski definition) is 4. The van der Waals surface area contributed by atoms with Gasteiger partial charge >= 0.3 is 0 Å². The van der Waals surface area contributed by atoms with Crippen LogP contribution in [0.2, 0.25) is 0 Å². The minimum atomic E-state index is 0.0862. The predicted octanol–water partition coefficient (Wildman–Crippen LogP) is 0.706. The van der Waals surface area contributed by atoms with E-state index in [1.165, 1.54) is 18.7 Å². The molecule has 4 heteroatoms. The van der Waals surface area contributed by atoms with Crippen molar-refractivity contribution < 1.29 is 0 Å². The summed E-state index contributed by atoms with van der Waals surface area (Å²) in [6, 6.07) is 10.4. The fourth-order valence-electron chi connectivity index (χ4n) is 3.66. The van der Waals surface area contributed by atoms with Gasteiger partial charge in [-0.2, -0.15) is 0 Å². The summed E-state index contributed by atoms with van der Waals surface area (Å²) in [5.74, 6) is 0. The van der Waals surface area contributed by atoms with Crippen LogP contribution in [-0.4, -0.2) is 72.5 Å². The van der Waals surface area contributed by atoms with Crippen molar-refractivity contribution in [2.24, 2.45) is 4.99 Å². The van der Waals surface area contributed by atoms with E-state index in [0.29, 0.717) is 0 Å². The van der Waals surface area contributed by atoms with E-state index in [2.05, 4.69) is 51.2 Å². The Hall–Kier alpha value is -1.23. The van der Waals surface area contributed by atoms with Crippen LogP contribution in [0.3, 0.4) is 0 Å². The molecule has 5 rings (SSSR count). The molecule has 2 unspecified atom stereocenters. The largest absolute Gasteiger partial charge is 0.287 e. The number of fused-ring (bicyclic) bond motifs is 1. The van der Waals surface area contributed by atoms with Gasteiger partial charge in [0.1, 0.15) is 0 Å². The number of aliphatic imine (C=N–C) groups is 1. The van der Waals surface area contributed by atoms with Crippen LogP contribution in [0, 0.1) is 0 Å². The van der Waals surface area contributed by atoms with Crippen LogP contribution in [0.4, 0.5) is 0 Å². The van der Waals surface area contributed by atoms with Crippen LogP contribution >= 0.6 is 0 Å². The molecule has 100 valence electrons. The van der Waals surface area contributed by atoms with E-state index in [9.17, 15) is 0 Å². The Balaban J connectivity index is 1.61. The SMILES string of the molecule is C(=NC12CN3CCN(CN(C3)C1)C2)c1ccccc1. The molecule has 0 aromatic heterocycles. The van der Waals surface area contributed by atoms with E-state index >= 15 is 0 Å². The lowest BCUT2D eigenvalue weighted by molar-refractivity contribution is -0.0141. The van der Waals surface area contributed by atoms with Crippen LogP contribution in [0.5, 0.6) is 0 Å². The molecule has 0 spiro atoms. The Morgan fingerprint density at radius 3 is 2.21 bits per heavy atom. The maximum Gasteiger partial charge on any atom is 0.0988 e. The van der Waals surface area contributed by atoms with E-state index in [1.807, 2.05) is 0 Å². The summed E-state index contributed by atoms with van der Waals surface area (Å²) in [6.07, 6.45) is 2.07. The first kappa shape index (κ1) is 11.6. The highest BCUT2D eigenvalue weighted by atomic mass is 15.5. The second-order valence-electron chi connectivity index (χ2n) is 6.11. The highest BCUT2D eigenvalue weighted by Crippen LogP contribution is 2.29. The summed E-state index contributed by atoms with van der Waals surface area (Å²) in [7, 11) is 0. The van der Waals surface area contributed by atoms with Gasteiger partial charge < -0.3 is 0 Å². The zero-order valence-electron chi connectivity index (χ0n) is 11.2. The summed E-state index contributed by atoms with van der Waals surface area (Å²) in [6.45, 7) is 7.98. The summed E-state index contributed by atoms with van der Waals surface area (Å²) >= 11 is 0. The second-order valence-corrected chi connectivity index (χ2v) is 6.11. The van der Waals surface area contributed by atoms with Crippen LogP contribution < -0.4 is 0 Å². The van der Waals surface area contributed by atoms with E-state index < -0.39 is 0 Å². The van der Waals surface area contributed by atoms with Crippen molar-refractivity contribution in [2.45, 2.75) is 5.54 Å². The van der Waals surface area contributed by atoms with Crippen molar-refractivity contribution >= 4 is 6.21 Å². The molecule has 0 amide bonds. The maximum atomic E-state index is 5.00. The predicted molar refractivity (Wildman–Crippen MR) is 76.4 cm³/mol. The van der Waals surface area contributed by atoms with Gasteiger partial charge in [-0.3, -0.25) is 19.7 Å². The Morgan fingerprint density at radius 2 is 1.53 bits per heavy atom. The van der Waals surface area contributed by atoms with Crippen molar-refractivity contribution in [1.29, 1.82) is 0 Å². The summed E-state index contributed by atoms with van der Waals surface area (Å²) in [5.41, 5.74) is 1.29. The molecule has 4 nitrogen and oxygen atoms in total. The lowest BCUT2D eigenvalue weighted by Crippen LogP contribution is -2.65. The minimum absolute atomic E-state index is 0.0862. The standard InChI is InChI=1S/C15H20N4/c1-2-4-14(5-3-1)8-16-15-9-17-6-7-18(10-15)13-19(11-15)12-17/h1-5,8H,6-7,9-13H2. The van der Waals surface area contributed by atoms with Gasteiger partial charge in [0.25, 0.3) is 0 Å². The van der Waals surface area contributed by atoms with Crippen LogP contribution in [0.1, 0.15) is 5.56 Å². The van der Waals surface area contributed by atoms with Crippen molar-refractivity contribution in [2.75, 3.05) is 46.1 Å². The van der Waals surface area contributed by atoms with Crippen LogP contribution in [0.15, 0.2) is 35.3 Å². The Morgan fingerprint density at radius 1 is 0.895 bits per heavy atom. The molecule has 1 aromatic rings. The van der Waals surface area contributed by atoms with Gasteiger partial charge in [0.15, 0.2) is 0 Å². The lowest BCUT2D eigenvalue weighted by atomic mass is 9.95. The van der Waals surface area contributed by atoms with Gasteiger partial charge in [0.05, 0.1) is 18.9 Å². The van der Waals surface area contributed by atoms with Gasteiger partial charge in [-0.15, -0.1) is 0 Å². The van der Waals surface area contributed by atoms with Gasteiger partial charge in [-0.25, -0.2) is 0 Å². The molecule has 0 radical (unpaired) electrons. The van der Waals surface area contributed by atoms with Crippen molar-refractivity contribution in [3.05, 3.63) is 35.9 Å². The number of rotatable bonds is 2. The molecule has 0 aliphatic carbocycles. The van der Waals surface area contributed by atoms with Crippen LogP contribution in [-0.2, 0) is 0 Å². The van der Waals surface area contributed by atoms with E-state index in [4.69, 9.17) is 4.99 Å². The quantitative estimate of drug-likeness (QED) is 0.728. The fraction of sp³-hybridized carbons (Fsp3) is 0.533. The molecule has 4 aliphatic rings. The monoisotopic (exact) mass is 256 g/mol. The molecule has 4 fully saturated rings. The summed E-state index contributed by atoms with van der Waals surface area (Å²) in [5, 5.41) is 0. The molecule has 4 heterocycles. The first-order valence-corrected chi connectivity index (χ1v) is 7.09. The number of hydrogen-bond donors (Lipinski definition) is 0. The van der Waals surface area contributed by atoms with E-state index in [-0.39, 0.29) is 5.54 Å². The van der Waals surface area contributed by atoms with Gasteiger partial charge in [0.2, 0.25) is 0 Å². The second kappa shape index (κ2) is 4.40. The third-order valence-electron chi connectivity index (χ3n) is 4.37. The average molecular weight is 256 g/mol. The molecule has 4 saturated heterocycles. The first-order chi connectivity index (χ1) is 9.31. The summed E-state index contributed by atoms with van der Waals surface area (Å²) < 4.78 is 0. The maximum absolute atomic E-state index is 5.00. The smallest absolute Gasteiger partial charge is 0.0988 e. The zero-order valence-corrected chi connectivity index (χ0v) is 11.2. The van der Waals surface area contributed by atoms with E-state index in [0.717, 1.165) is 33.0 Å². The molecular weight excluding hydrogens is 236 g/mol. The third-order valence-corrected chi connectivity index (χ3v) is 4.37. The fourth-order valence-corrected chi connectivity index (χ4v) is 3.66. The molecule has 2 atom stereocenters. The average Bonchev–Trinajstić information content (AvgIpc) is 2.64. The zero-order chi connectivity index (χ0) is 12.7. The van der Waals surface area contributed by atoms with Gasteiger partial charge in [0, 0.05) is 38.9 Å². The molecule has 0 N–H and O–H groups in total. The third kappa shape index (κ3) is 2.20. The Kier molecular flexibility index (Phi) is 2.69. The molecular formula is C15H20N4. The summed E-state index contributed by atoms with van der Waals surface area (Å²) in [4.78, 5) is 12.6. The molecule has 0 saturated carbocycles. The van der Waals surface area contributed by atoms with Crippen LogP contribution in [0.25, 0.3) is 0 Å². The Bertz CT molecular complexity index is 468. The molecule has 4 bridgehead atoms.